The number of nitrogens with one attached hydrogen (secondary N) is 2. The quantitative estimate of drug-likeness (QED) is 0.317. The van der Waals surface area contributed by atoms with Crippen molar-refractivity contribution in [2.24, 2.45) is 5.92 Å². The van der Waals surface area contributed by atoms with Crippen molar-refractivity contribution in [3.63, 3.8) is 0 Å². The number of hydrogen-bond donors (Lipinski definition) is 3. The summed E-state index contributed by atoms with van der Waals surface area (Å²) in [6.45, 7) is 3.59. The lowest BCUT2D eigenvalue weighted by molar-refractivity contribution is -0.143. The smallest absolute Gasteiger partial charge is 0.408 e. The van der Waals surface area contributed by atoms with Crippen LogP contribution in [0.25, 0.3) is 0 Å². The van der Waals surface area contributed by atoms with Crippen molar-refractivity contribution in [3.05, 3.63) is 65.7 Å². The molecule has 2 aliphatic rings. The number of rotatable bonds is 12. The third-order valence-electron chi connectivity index (χ3n) is 8.13. The van der Waals surface area contributed by atoms with Gasteiger partial charge in [-0.1, -0.05) is 44.2 Å². The van der Waals surface area contributed by atoms with Crippen molar-refractivity contribution >= 4 is 41.3 Å². The predicted octanol–water partition coefficient (Wildman–Crippen LogP) is 2.05. The molecule has 0 radical (unpaired) electrons. The molecule has 13 heteroatoms. The molecule has 0 spiro atoms. The fraction of sp³-hybridized carbons (Fsp3) is 0.455. The predicted molar refractivity (Wildman–Crippen MR) is 168 cm³/mol. The van der Waals surface area contributed by atoms with Gasteiger partial charge < -0.3 is 35.2 Å². The number of carbonyl (C=O) groups excluding carboxylic acids is 5. The molecule has 4 atom stereocenters. The first-order valence-corrected chi connectivity index (χ1v) is 15.3. The Morgan fingerprint density at radius 3 is 2.20 bits per heavy atom. The van der Waals surface area contributed by atoms with Gasteiger partial charge in [-0.15, -0.1) is 0 Å². The highest BCUT2D eigenvalue weighted by atomic mass is 16.5. The van der Waals surface area contributed by atoms with Gasteiger partial charge in [-0.05, 0) is 48.6 Å². The summed E-state index contributed by atoms with van der Waals surface area (Å²) in [7, 11) is 3.78. The van der Waals surface area contributed by atoms with Crippen LogP contribution >= 0.6 is 0 Å². The molecule has 0 aliphatic carbocycles. The van der Waals surface area contributed by atoms with E-state index >= 15 is 0 Å². The average Bonchev–Trinajstić information content (AvgIpc) is 3.60. The number of Topliss-reactive ketones (excluding diaryl/α,β-unsaturated/α-hetero) is 1. The van der Waals surface area contributed by atoms with Crippen LogP contribution in [0.15, 0.2) is 54.6 Å². The maximum Gasteiger partial charge on any atom is 0.408 e. The van der Waals surface area contributed by atoms with Crippen molar-refractivity contribution < 1.29 is 38.6 Å². The molecule has 246 valence electrons. The summed E-state index contributed by atoms with van der Waals surface area (Å²) in [5, 5.41) is 14.6. The standard InChI is InChI=1S/C33H41N5O8/c1-20(2)16-24(34-30(42)22-10-12-23(13-11-22)36(3)4)31(43)37-15-14-26-29(37)27(39)18-38(26)32(44)25(17-28(40)41)35-33(45)46-19-21-8-6-5-7-9-21/h5-13,20,24-26,29H,14-19H2,1-4H3,(H,34,42)(H,35,45)(H,40,41)/t24-,25-,26+,29-/m0/s1. The number of carbonyl (C=O) groups is 6. The Morgan fingerprint density at radius 1 is 0.935 bits per heavy atom. The first-order valence-electron chi connectivity index (χ1n) is 15.3. The van der Waals surface area contributed by atoms with Crippen LogP contribution in [0.1, 0.15) is 49.0 Å². The lowest BCUT2D eigenvalue weighted by Gasteiger charge is -2.29. The maximum atomic E-state index is 13.9. The molecule has 46 heavy (non-hydrogen) atoms. The van der Waals surface area contributed by atoms with Gasteiger partial charge in [0.25, 0.3) is 5.91 Å². The second kappa shape index (κ2) is 14.9. The summed E-state index contributed by atoms with van der Waals surface area (Å²) in [6, 6.07) is 11.8. The monoisotopic (exact) mass is 635 g/mol. The van der Waals surface area contributed by atoms with E-state index < -0.39 is 60.4 Å². The van der Waals surface area contributed by atoms with Crippen LogP contribution < -0.4 is 15.5 Å². The van der Waals surface area contributed by atoms with Crippen LogP contribution in [0, 0.1) is 5.92 Å². The number of fused-ring (bicyclic) bond motifs is 1. The first kappa shape index (κ1) is 33.9. The largest absolute Gasteiger partial charge is 0.481 e. The molecule has 0 bridgehead atoms. The summed E-state index contributed by atoms with van der Waals surface area (Å²) in [4.78, 5) is 82.5. The Labute approximate surface area is 267 Å². The minimum absolute atomic E-state index is 0.0469. The van der Waals surface area contributed by atoms with Crippen LogP contribution in [0.3, 0.4) is 0 Å². The third-order valence-corrected chi connectivity index (χ3v) is 8.13. The number of benzene rings is 2. The number of carboxylic acid groups (broad SMARTS) is 1. The molecule has 2 heterocycles. The summed E-state index contributed by atoms with van der Waals surface area (Å²) >= 11 is 0. The second-order valence-electron chi connectivity index (χ2n) is 12.2. The number of likely N-dealkylation sites (tertiary alicyclic amines) is 2. The molecule has 2 aromatic carbocycles. The van der Waals surface area contributed by atoms with Gasteiger partial charge in [0.15, 0.2) is 5.78 Å². The number of aliphatic carboxylic acids is 1. The molecular weight excluding hydrogens is 594 g/mol. The lowest BCUT2D eigenvalue weighted by atomic mass is 10.0. The summed E-state index contributed by atoms with van der Waals surface area (Å²) in [6.07, 6.45) is -1.08. The number of alkyl carbamates (subject to hydrolysis) is 1. The minimum atomic E-state index is -1.48. The van der Waals surface area contributed by atoms with Gasteiger partial charge in [0.1, 0.15) is 24.7 Å². The van der Waals surface area contributed by atoms with E-state index in [0.717, 1.165) is 5.69 Å². The van der Waals surface area contributed by atoms with E-state index in [1.807, 2.05) is 32.8 Å². The van der Waals surface area contributed by atoms with E-state index in [1.54, 1.807) is 54.6 Å². The molecule has 2 saturated heterocycles. The molecular formula is C33H41N5O8. The van der Waals surface area contributed by atoms with E-state index in [2.05, 4.69) is 10.6 Å². The highest BCUT2D eigenvalue weighted by Crippen LogP contribution is 2.31. The number of anilines is 1. The van der Waals surface area contributed by atoms with Gasteiger partial charge in [0, 0.05) is 31.9 Å². The molecule has 0 unspecified atom stereocenters. The Hall–Kier alpha value is -4.94. The fourth-order valence-electron chi connectivity index (χ4n) is 5.89. The molecule has 13 nitrogen and oxygen atoms in total. The maximum absolute atomic E-state index is 13.9. The molecule has 4 rings (SSSR count). The molecule has 0 aromatic heterocycles. The molecule has 3 N–H and O–H groups in total. The van der Waals surface area contributed by atoms with Gasteiger partial charge >= 0.3 is 12.1 Å². The number of nitrogens with zero attached hydrogens (tertiary/aromatic N) is 3. The third kappa shape index (κ3) is 8.20. The Balaban J connectivity index is 1.45. The highest BCUT2D eigenvalue weighted by Gasteiger charge is 2.53. The minimum Gasteiger partial charge on any atom is -0.481 e. The van der Waals surface area contributed by atoms with Gasteiger partial charge in [-0.25, -0.2) is 4.79 Å². The van der Waals surface area contributed by atoms with Crippen molar-refractivity contribution in [2.75, 3.05) is 32.1 Å². The number of amides is 4. The molecule has 4 amide bonds. The summed E-state index contributed by atoms with van der Waals surface area (Å²) in [5.74, 6) is -3.24. The van der Waals surface area contributed by atoms with E-state index in [1.165, 1.54) is 9.80 Å². The molecule has 2 aliphatic heterocycles. The number of hydrogen-bond acceptors (Lipinski definition) is 8. The average molecular weight is 636 g/mol. The summed E-state index contributed by atoms with van der Waals surface area (Å²) < 4.78 is 5.18. The fourth-order valence-corrected chi connectivity index (χ4v) is 5.89. The number of ether oxygens (including phenoxy) is 1. The highest BCUT2D eigenvalue weighted by molar-refractivity contribution is 6.02. The van der Waals surface area contributed by atoms with Gasteiger partial charge in [0.2, 0.25) is 11.8 Å². The molecule has 2 fully saturated rings. The van der Waals surface area contributed by atoms with Gasteiger partial charge in [-0.3, -0.25) is 24.0 Å². The Bertz CT molecular complexity index is 1450. The van der Waals surface area contributed by atoms with Crippen molar-refractivity contribution in [1.82, 2.24) is 20.4 Å². The number of ketones is 1. The van der Waals surface area contributed by atoms with Crippen molar-refractivity contribution in [2.45, 2.75) is 63.9 Å². The molecule has 0 saturated carbocycles. The van der Waals surface area contributed by atoms with Gasteiger partial charge in [0.05, 0.1) is 19.0 Å². The zero-order valence-electron chi connectivity index (χ0n) is 26.5. The van der Waals surface area contributed by atoms with E-state index in [4.69, 9.17) is 4.74 Å². The Kier molecular flexibility index (Phi) is 11.0. The van der Waals surface area contributed by atoms with E-state index in [-0.39, 0.29) is 37.8 Å². The molecule has 2 aromatic rings. The van der Waals surface area contributed by atoms with Crippen LogP contribution in [-0.2, 0) is 30.5 Å². The van der Waals surface area contributed by atoms with Crippen molar-refractivity contribution in [3.8, 4) is 0 Å². The zero-order valence-corrected chi connectivity index (χ0v) is 26.5. The zero-order chi connectivity index (χ0) is 33.5. The normalized spacial score (nSPS) is 18.5. The Morgan fingerprint density at radius 2 is 1.59 bits per heavy atom. The van der Waals surface area contributed by atoms with E-state index in [0.29, 0.717) is 17.5 Å². The SMILES string of the molecule is CC(C)C[C@H](NC(=O)c1ccc(N(C)C)cc1)C(=O)N1CC[C@@H]2[C@H]1C(=O)CN2C(=O)[C@H](CC(=O)O)NC(=O)OCc1ccccc1. The lowest BCUT2D eigenvalue weighted by Crippen LogP contribution is -2.53. The van der Waals surface area contributed by atoms with Gasteiger partial charge in [-0.2, -0.15) is 0 Å². The van der Waals surface area contributed by atoms with Crippen molar-refractivity contribution in [1.29, 1.82) is 0 Å². The second-order valence-corrected chi connectivity index (χ2v) is 12.2. The summed E-state index contributed by atoms with van der Waals surface area (Å²) in [5.41, 5.74) is 2.01. The topological polar surface area (TPSA) is 166 Å². The number of carboxylic acids is 1. The van der Waals surface area contributed by atoms with Crippen LogP contribution in [0.2, 0.25) is 0 Å². The van der Waals surface area contributed by atoms with Crippen LogP contribution in [0.5, 0.6) is 0 Å². The first-order chi connectivity index (χ1) is 21.8. The van der Waals surface area contributed by atoms with Crippen LogP contribution in [-0.4, -0.2) is 102 Å². The van der Waals surface area contributed by atoms with Crippen LogP contribution in [0.4, 0.5) is 10.5 Å². The van der Waals surface area contributed by atoms with E-state index in [9.17, 15) is 33.9 Å².